The van der Waals surface area contributed by atoms with Crippen LogP contribution in [-0.4, -0.2) is 50.0 Å². The normalized spacial score (nSPS) is 19.1. The van der Waals surface area contributed by atoms with Crippen molar-refractivity contribution >= 4 is 10.8 Å². The van der Waals surface area contributed by atoms with Gasteiger partial charge in [0.05, 0.1) is 19.8 Å². The van der Waals surface area contributed by atoms with Crippen molar-refractivity contribution in [3.8, 4) is 5.75 Å². The molecule has 1 heterocycles. The molecule has 1 unspecified atom stereocenters. The second kappa shape index (κ2) is 7.77. The molecule has 1 fully saturated rings. The summed E-state index contributed by atoms with van der Waals surface area (Å²) < 4.78 is 11.3. The lowest BCUT2D eigenvalue weighted by atomic mass is 10.0. The van der Waals surface area contributed by atoms with Gasteiger partial charge in [0.1, 0.15) is 5.75 Å². The highest BCUT2D eigenvalue weighted by atomic mass is 16.5. The van der Waals surface area contributed by atoms with Gasteiger partial charge in [-0.3, -0.25) is 4.90 Å². The summed E-state index contributed by atoms with van der Waals surface area (Å²) in [5, 5.41) is 11.3. The number of aliphatic hydroxyl groups is 1. The fraction of sp³-hybridized carbons (Fsp3) is 0.474. The van der Waals surface area contributed by atoms with E-state index in [0.717, 1.165) is 44.8 Å². The first-order chi connectivity index (χ1) is 11.3. The number of nitrogens with zero attached hydrogens (tertiary/aromatic N) is 1. The lowest BCUT2D eigenvalue weighted by Crippen LogP contribution is -2.38. The van der Waals surface area contributed by atoms with Crippen molar-refractivity contribution in [2.75, 3.05) is 40.0 Å². The average molecular weight is 315 g/mol. The molecule has 1 aliphatic rings. The minimum Gasteiger partial charge on any atom is -0.497 e. The first-order valence-corrected chi connectivity index (χ1v) is 8.32. The Morgan fingerprint density at radius 2 is 2.00 bits per heavy atom. The van der Waals surface area contributed by atoms with E-state index < -0.39 is 0 Å². The molecular weight excluding hydrogens is 290 g/mol. The van der Waals surface area contributed by atoms with Gasteiger partial charge in [-0.1, -0.05) is 18.2 Å². The zero-order chi connectivity index (χ0) is 16.1. The maximum atomic E-state index is 8.91. The summed E-state index contributed by atoms with van der Waals surface area (Å²) in [6.45, 7) is 3.98. The molecule has 2 aromatic rings. The van der Waals surface area contributed by atoms with Crippen LogP contribution in [-0.2, 0) is 4.74 Å². The van der Waals surface area contributed by atoms with E-state index in [0.29, 0.717) is 0 Å². The Morgan fingerprint density at radius 1 is 1.17 bits per heavy atom. The smallest absolute Gasteiger partial charge is 0.119 e. The summed E-state index contributed by atoms with van der Waals surface area (Å²) in [5.41, 5.74) is 1.23. The zero-order valence-corrected chi connectivity index (χ0v) is 13.7. The molecule has 4 nitrogen and oxygen atoms in total. The molecule has 2 aromatic carbocycles. The largest absolute Gasteiger partial charge is 0.497 e. The Hall–Kier alpha value is -1.62. The number of fused-ring (bicyclic) bond motifs is 1. The fourth-order valence-electron chi connectivity index (χ4n) is 3.12. The van der Waals surface area contributed by atoms with E-state index in [1.807, 2.05) is 6.07 Å². The minimum absolute atomic E-state index is 0.129. The summed E-state index contributed by atoms with van der Waals surface area (Å²) in [5.74, 6) is 0.884. The molecule has 0 radical (unpaired) electrons. The SMILES string of the molecule is COc1ccc2cc(C3CN(CCCCO)CCO3)ccc2c1. The van der Waals surface area contributed by atoms with Crippen LogP contribution >= 0.6 is 0 Å². The predicted molar refractivity (Wildman–Crippen MR) is 92.0 cm³/mol. The molecular formula is C19H25NO3. The van der Waals surface area contributed by atoms with Gasteiger partial charge in [-0.05, 0) is 53.9 Å². The van der Waals surface area contributed by atoms with Crippen LogP contribution in [0.4, 0.5) is 0 Å². The number of aliphatic hydroxyl groups excluding tert-OH is 1. The van der Waals surface area contributed by atoms with Gasteiger partial charge in [0.25, 0.3) is 0 Å². The number of hydrogen-bond donors (Lipinski definition) is 1. The molecule has 3 rings (SSSR count). The van der Waals surface area contributed by atoms with Gasteiger partial charge in [-0.15, -0.1) is 0 Å². The number of ether oxygens (including phenoxy) is 2. The zero-order valence-electron chi connectivity index (χ0n) is 13.7. The molecule has 1 N–H and O–H groups in total. The van der Waals surface area contributed by atoms with Crippen LogP contribution in [0, 0.1) is 0 Å². The van der Waals surface area contributed by atoms with E-state index >= 15 is 0 Å². The van der Waals surface area contributed by atoms with E-state index in [2.05, 4.69) is 35.2 Å². The second-order valence-corrected chi connectivity index (χ2v) is 6.06. The maximum absolute atomic E-state index is 8.91. The van der Waals surface area contributed by atoms with Crippen LogP contribution < -0.4 is 4.74 Å². The van der Waals surface area contributed by atoms with Crippen molar-refractivity contribution < 1.29 is 14.6 Å². The van der Waals surface area contributed by atoms with E-state index in [9.17, 15) is 0 Å². The van der Waals surface area contributed by atoms with Crippen molar-refractivity contribution in [3.05, 3.63) is 42.0 Å². The number of rotatable bonds is 6. The van der Waals surface area contributed by atoms with Gasteiger partial charge in [-0.2, -0.15) is 0 Å². The molecule has 0 aromatic heterocycles. The number of benzene rings is 2. The monoisotopic (exact) mass is 315 g/mol. The van der Waals surface area contributed by atoms with Gasteiger partial charge in [0.2, 0.25) is 0 Å². The van der Waals surface area contributed by atoms with Crippen molar-refractivity contribution in [3.63, 3.8) is 0 Å². The van der Waals surface area contributed by atoms with Gasteiger partial charge in [0, 0.05) is 19.7 Å². The van der Waals surface area contributed by atoms with Crippen molar-refractivity contribution in [2.45, 2.75) is 18.9 Å². The predicted octanol–water partition coefficient (Wildman–Crippen LogP) is 2.99. The third-order valence-electron chi connectivity index (χ3n) is 4.48. The number of methoxy groups -OCH3 is 1. The molecule has 0 aliphatic carbocycles. The van der Waals surface area contributed by atoms with Crippen LogP contribution in [0.3, 0.4) is 0 Å². The first-order valence-electron chi connectivity index (χ1n) is 8.32. The summed E-state index contributed by atoms with van der Waals surface area (Å²) in [6.07, 6.45) is 2.05. The Balaban J connectivity index is 1.71. The van der Waals surface area contributed by atoms with Crippen LogP contribution in [0.5, 0.6) is 5.75 Å². The number of morpholine rings is 1. The Kier molecular flexibility index (Phi) is 5.49. The van der Waals surface area contributed by atoms with E-state index in [4.69, 9.17) is 14.6 Å². The standard InChI is InChI=1S/C19H25NO3/c1-22-18-7-6-15-12-17(5-4-16(15)13-18)19-14-20(9-11-23-19)8-2-3-10-21/h4-7,12-13,19,21H,2-3,8-11,14H2,1H3. The molecule has 1 aliphatic heterocycles. The van der Waals surface area contributed by atoms with Crippen molar-refractivity contribution in [1.29, 1.82) is 0 Å². The molecule has 124 valence electrons. The fourth-order valence-corrected chi connectivity index (χ4v) is 3.12. The molecule has 0 bridgehead atoms. The molecule has 0 spiro atoms. The molecule has 0 amide bonds. The molecule has 1 atom stereocenters. The van der Waals surface area contributed by atoms with Crippen molar-refractivity contribution in [1.82, 2.24) is 4.90 Å². The van der Waals surface area contributed by atoms with E-state index in [1.165, 1.54) is 16.3 Å². The summed E-state index contributed by atoms with van der Waals surface area (Å²) in [6, 6.07) is 12.7. The van der Waals surface area contributed by atoms with Crippen LogP contribution in [0.2, 0.25) is 0 Å². The van der Waals surface area contributed by atoms with Crippen LogP contribution in [0.15, 0.2) is 36.4 Å². The van der Waals surface area contributed by atoms with Crippen molar-refractivity contribution in [2.24, 2.45) is 0 Å². The third kappa shape index (κ3) is 4.02. The lowest BCUT2D eigenvalue weighted by molar-refractivity contribution is -0.0305. The number of hydrogen-bond acceptors (Lipinski definition) is 4. The minimum atomic E-state index is 0.129. The van der Waals surface area contributed by atoms with E-state index in [1.54, 1.807) is 7.11 Å². The summed E-state index contributed by atoms with van der Waals surface area (Å²) in [7, 11) is 1.69. The highest BCUT2D eigenvalue weighted by Crippen LogP contribution is 2.27. The Morgan fingerprint density at radius 3 is 2.83 bits per heavy atom. The Labute approximate surface area is 137 Å². The van der Waals surface area contributed by atoms with Gasteiger partial charge < -0.3 is 14.6 Å². The second-order valence-electron chi connectivity index (χ2n) is 6.06. The maximum Gasteiger partial charge on any atom is 0.119 e. The average Bonchev–Trinajstić information content (AvgIpc) is 2.61. The molecule has 1 saturated heterocycles. The van der Waals surface area contributed by atoms with Gasteiger partial charge in [-0.25, -0.2) is 0 Å². The van der Waals surface area contributed by atoms with Crippen LogP contribution in [0.25, 0.3) is 10.8 Å². The highest BCUT2D eigenvalue weighted by Gasteiger charge is 2.21. The summed E-state index contributed by atoms with van der Waals surface area (Å²) in [4.78, 5) is 2.43. The van der Waals surface area contributed by atoms with Gasteiger partial charge >= 0.3 is 0 Å². The van der Waals surface area contributed by atoms with E-state index in [-0.39, 0.29) is 12.7 Å². The number of unbranched alkanes of at least 4 members (excludes halogenated alkanes) is 1. The van der Waals surface area contributed by atoms with Crippen LogP contribution in [0.1, 0.15) is 24.5 Å². The first kappa shape index (κ1) is 16.2. The van der Waals surface area contributed by atoms with Gasteiger partial charge in [0.15, 0.2) is 0 Å². The topological polar surface area (TPSA) is 41.9 Å². The Bertz CT molecular complexity index is 644. The molecule has 23 heavy (non-hydrogen) atoms. The quantitative estimate of drug-likeness (QED) is 0.832. The third-order valence-corrected chi connectivity index (χ3v) is 4.48. The molecule has 4 heteroatoms. The highest BCUT2D eigenvalue weighted by molar-refractivity contribution is 5.84. The summed E-state index contributed by atoms with van der Waals surface area (Å²) >= 11 is 0. The molecule has 0 saturated carbocycles. The lowest BCUT2D eigenvalue weighted by Gasteiger charge is -2.33.